The van der Waals surface area contributed by atoms with Crippen molar-refractivity contribution in [2.45, 2.75) is 44.3 Å². The average Bonchev–Trinajstić information content (AvgIpc) is 2.11. The van der Waals surface area contributed by atoms with E-state index < -0.39 is 0 Å². The molecule has 0 heterocycles. The first-order chi connectivity index (χ1) is 6.31. The van der Waals surface area contributed by atoms with E-state index in [0.717, 1.165) is 19.4 Å². The number of hydrogen-bond donors (Lipinski definition) is 2. The van der Waals surface area contributed by atoms with Crippen molar-refractivity contribution in [1.29, 1.82) is 0 Å². The highest BCUT2D eigenvalue weighted by Gasteiger charge is 1.99. The molecule has 0 aromatic rings. The van der Waals surface area contributed by atoms with Gasteiger partial charge < -0.3 is 10.8 Å². The Morgan fingerprint density at radius 2 is 1.92 bits per heavy atom. The van der Waals surface area contributed by atoms with E-state index in [4.69, 9.17) is 10.8 Å². The average molecular weight is 205 g/mol. The molecule has 0 spiro atoms. The van der Waals surface area contributed by atoms with Gasteiger partial charge in [-0.25, -0.2) is 0 Å². The molecule has 1 unspecified atom stereocenters. The summed E-state index contributed by atoms with van der Waals surface area (Å²) in [7, 11) is 0. The van der Waals surface area contributed by atoms with Crippen LogP contribution in [0, 0.1) is 0 Å². The van der Waals surface area contributed by atoms with Gasteiger partial charge in [-0.1, -0.05) is 19.8 Å². The molecule has 0 fully saturated rings. The fraction of sp³-hybridized carbons (Fsp3) is 1.00. The minimum Gasteiger partial charge on any atom is -0.396 e. The second-order valence-electron chi connectivity index (χ2n) is 3.40. The molecule has 0 aliphatic heterocycles. The molecule has 2 nitrogen and oxygen atoms in total. The van der Waals surface area contributed by atoms with Crippen LogP contribution >= 0.6 is 11.8 Å². The van der Waals surface area contributed by atoms with Gasteiger partial charge in [0.15, 0.2) is 0 Å². The summed E-state index contributed by atoms with van der Waals surface area (Å²) in [5.41, 5.74) is 5.46. The third-order valence-corrected chi connectivity index (χ3v) is 3.36. The van der Waals surface area contributed by atoms with Gasteiger partial charge in [0, 0.05) is 11.9 Å². The van der Waals surface area contributed by atoms with Crippen LogP contribution in [0.3, 0.4) is 0 Å². The zero-order chi connectivity index (χ0) is 9.94. The monoisotopic (exact) mass is 205 g/mol. The Labute approximate surface area is 86.3 Å². The summed E-state index contributed by atoms with van der Waals surface area (Å²) in [6, 6.07) is 0. The first kappa shape index (κ1) is 13.3. The largest absolute Gasteiger partial charge is 0.396 e. The lowest BCUT2D eigenvalue weighted by atomic mass is 10.2. The van der Waals surface area contributed by atoms with Gasteiger partial charge in [-0.15, -0.1) is 0 Å². The topological polar surface area (TPSA) is 46.2 Å². The number of thioether (sulfide) groups is 1. The quantitative estimate of drug-likeness (QED) is 0.566. The maximum Gasteiger partial charge on any atom is 0.0431 e. The molecule has 0 aromatic carbocycles. The Morgan fingerprint density at radius 3 is 2.54 bits per heavy atom. The maximum absolute atomic E-state index is 8.56. The molecular weight excluding hydrogens is 182 g/mol. The van der Waals surface area contributed by atoms with Crippen molar-refractivity contribution >= 4 is 11.8 Å². The van der Waals surface area contributed by atoms with Gasteiger partial charge in [0.2, 0.25) is 0 Å². The van der Waals surface area contributed by atoms with E-state index in [1.165, 1.54) is 25.0 Å². The van der Waals surface area contributed by atoms with E-state index in [1.54, 1.807) is 0 Å². The molecule has 0 radical (unpaired) electrons. The van der Waals surface area contributed by atoms with Crippen molar-refractivity contribution in [2.24, 2.45) is 5.73 Å². The fourth-order valence-electron chi connectivity index (χ4n) is 1.17. The summed E-state index contributed by atoms with van der Waals surface area (Å²) in [6.07, 6.45) is 5.79. The Bertz CT molecular complexity index is 101. The molecule has 3 N–H and O–H groups in total. The lowest BCUT2D eigenvalue weighted by Crippen LogP contribution is -2.07. The van der Waals surface area contributed by atoms with E-state index in [0.29, 0.717) is 11.9 Å². The number of aliphatic hydroxyl groups is 1. The van der Waals surface area contributed by atoms with E-state index in [2.05, 4.69) is 6.92 Å². The van der Waals surface area contributed by atoms with Crippen LogP contribution in [-0.2, 0) is 0 Å². The van der Waals surface area contributed by atoms with Crippen molar-refractivity contribution < 1.29 is 5.11 Å². The summed E-state index contributed by atoms with van der Waals surface area (Å²) in [5.74, 6) is 1.24. The molecule has 0 aliphatic carbocycles. The first-order valence-corrected chi connectivity index (χ1v) is 6.28. The summed E-state index contributed by atoms with van der Waals surface area (Å²) < 4.78 is 0. The van der Waals surface area contributed by atoms with Crippen LogP contribution in [0.5, 0.6) is 0 Å². The molecule has 13 heavy (non-hydrogen) atoms. The molecule has 80 valence electrons. The lowest BCUT2D eigenvalue weighted by Gasteiger charge is -2.08. The third kappa shape index (κ3) is 10.2. The zero-order valence-electron chi connectivity index (χ0n) is 8.67. The van der Waals surface area contributed by atoms with Gasteiger partial charge in [0.1, 0.15) is 0 Å². The molecule has 0 aliphatic rings. The van der Waals surface area contributed by atoms with Gasteiger partial charge in [0.25, 0.3) is 0 Å². The molecule has 0 rings (SSSR count). The smallest absolute Gasteiger partial charge is 0.0431 e. The predicted octanol–water partition coefficient (Wildman–Crippen LogP) is 2.01. The Hall–Kier alpha value is 0.270. The van der Waals surface area contributed by atoms with E-state index in [9.17, 15) is 0 Å². The van der Waals surface area contributed by atoms with E-state index in [-0.39, 0.29) is 0 Å². The second-order valence-corrected chi connectivity index (χ2v) is 4.94. The van der Waals surface area contributed by atoms with Crippen molar-refractivity contribution in [2.75, 3.05) is 18.9 Å². The second kappa shape index (κ2) is 10.4. The Kier molecular flexibility index (Phi) is 10.6. The molecule has 0 saturated carbocycles. The number of rotatable bonds is 9. The molecule has 0 saturated heterocycles. The van der Waals surface area contributed by atoms with Crippen LogP contribution in [0.2, 0.25) is 0 Å². The normalized spacial score (nSPS) is 13.2. The molecule has 3 heteroatoms. The molecule has 1 atom stereocenters. The van der Waals surface area contributed by atoms with Crippen LogP contribution in [-0.4, -0.2) is 29.3 Å². The van der Waals surface area contributed by atoms with Crippen molar-refractivity contribution in [3.8, 4) is 0 Å². The van der Waals surface area contributed by atoms with Gasteiger partial charge in [-0.3, -0.25) is 0 Å². The highest BCUT2D eigenvalue weighted by atomic mass is 32.2. The van der Waals surface area contributed by atoms with Gasteiger partial charge in [-0.2, -0.15) is 11.8 Å². The minimum atomic E-state index is 0.344. The number of nitrogens with two attached hydrogens (primary N) is 1. The molecular formula is C10H23NOS. The minimum absolute atomic E-state index is 0.344. The van der Waals surface area contributed by atoms with Crippen LogP contribution in [0.4, 0.5) is 0 Å². The van der Waals surface area contributed by atoms with Crippen LogP contribution in [0.25, 0.3) is 0 Å². The third-order valence-electron chi connectivity index (χ3n) is 2.03. The first-order valence-electron chi connectivity index (χ1n) is 5.23. The zero-order valence-corrected chi connectivity index (χ0v) is 9.48. The summed E-state index contributed by atoms with van der Waals surface area (Å²) in [4.78, 5) is 0. The van der Waals surface area contributed by atoms with Crippen LogP contribution < -0.4 is 5.73 Å². The van der Waals surface area contributed by atoms with Gasteiger partial charge >= 0.3 is 0 Å². The standard InChI is InChI=1S/C10H23NOS/c1-10(6-7-11)13-9-5-3-2-4-8-12/h10,12H,2-9,11H2,1H3. The number of aliphatic hydroxyl groups excluding tert-OH is 1. The Morgan fingerprint density at radius 1 is 1.23 bits per heavy atom. The highest BCUT2D eigenvalue weighted by molar-refractivity contribution is 7.99. The fourth-order valence-corrected chi connectivity index (χ4v) is 2.25. The Balaban J connectivity index is 2.97. The van der Waals surface area contributed by atoms with Crippen molar-refractivity contribution in [3.05, 3.63) is 0 Å². The molecule has 0 amide bonds. The van der Waals surface area contributed by atoms with E-state index >= 15 is 0 Å². The maximum atomic E-state index is 8.56. The van der Waals surface area contributed by atoms with Crippen LogP contribution in [0.1, 0.15) is 39.0 Å². The lowest BCUT2D eigenvalue weighted by molar-refractivity contribution is 0.283. The summed E-state index contributed by atoms with van der Waals surface area (Å²) in [5, 5.41) is 9.27. The number of hydrogen-bond acceptors (Lipinski definition) is 3. The SMILES string of the molecule is CC(CCN)SCCCCCCO. The summed E-state index contributed by atoms with van der Waals surface area (Å²) in [6.45, 7) is 3.39. The van der Waals surface area contributed by atoms with Gasteiger partial charge in [0.05, 0.1) is 0 Å². The predicted molar refractivity (Wildman–Crippen MR) is 61.1 cm³/mol. The van der Waals surface area contributed by atoms with Crippen LogP contribution in [0.15, 0.2) is 0 Å². The molecule has 0 aromatic heterocycles. The summed E-state index contributed by atoms with van der Waals surface area (Å²) >= 11 is 2.02. The highest BCUT2D eigenvalue weighted by Crippen LogP contribution is 2.15. The van der Waals surface area contributed by atoms with Crippen molar-refractivity contribution in [1.82, 2.24) is 0 Å². The van der Waals surface area contributed by atoms with Gasteiger partial charge in [-0.05, 0) is 31.6 Å². The molecule has 0 bridgehead atoms. The number of unbranched alkanes of at least 4 members (excludes halogenated alkanes) is 3. The van der Waals surface area contributed by atoms with E-state index in [1.807, 2.05) is 11.8 Å². The van der Waals surface area contributed by atoms with Crippen molar-refractivity contribution in [3.63, 3.8) is 0 Å².